The van der Waals surface area contributed by atoms with Crippen LogP contribution in [-0.4, -0.2) is 30.2 Å². The van der Waals surface area contributed by atoms with Crippen molar-refractivity contribution < 1.29 is 9.63 Å². The maximum absolute atomic E-state index is 9.31. The second-order valence-electron chi connectivity index (χ2n) is 3.87. The Balaban J connectivity index is 2.03. The van der Waals surface area contributed by atoms with Crippen LogP contribution in [0.3, 0.4) is 0 Å². The van der Waals surface area contributed by atoms with Crippen LogP contribution in [0.2, 0.25) is 0 Å². The molecular weight excluding hydrogens is 222 g/mol. The third-order valence-electron chi connectivity index (χ3n) is 2.26. The Kier molecular flexibility index (Phi) is 3.48. The summed E-state index contributed by atoms with van der Waals surface area (Å²) in [7, 11) is 0. The highest BCUT2D eigenvalue weighted by Gasteiger charge is 2.09. The molecule has 1 N–H and O–H groups in total. The van der Waals surface area contributed by atoms with Crippen molar-refractivity contribution in [2.75, 3.05) is 0 Å². The van der Waals surface area contributed by atoms with Gasteiger partial charge in [0.05, 0.1) is 12.3 Å². The summed E-state index contributed by atoms with van der Waals surface area (Å²) in [5, 5.41) is 20.9. The zero-order chi connectivity index (χ0) is 12.3. The third kappa shape index (κ3) is 2.88. The van der Waals surface area contributed by atoms with Crippen LogP contribution < -0.4 is 0 Å². The highest BCUT2D eigenvalue weighted by molar-refractivity contribution is 4.97. The smallest absolute Gasteiger partial charge is 0.226 e. The van der Waals surface area contributed by atoms with Gasteiger partial charge in [0.1, 0.15) is 12.2 Å². The molecule has 7 nitrogen and oxygen atoms in total. The minimum atomic E-state index is -0.621. The van der Waals surface area contributed by atoms with Crippen LogP contribution in [0.5, 0.6) is 0 Å². The van der Waals surface area contributed by atoms with Crippen molar-refractivity contribution in [3.63, 3.8) is 0 Å². The van der Waals surface area contributed by atoms with E-state index in [0.29, 0.717) is 24.0 Å². The lowest BCUT2D eigenvalue weighted by Crippen LogP contribution is -2.02. The second-order valence-corrected chi connectivity index (χ2v) is 3.87. The first-order chi connectivity index (χ1) is 8.19. The van der Waals surface area contributed by atoms with Crippen LogP contribution in [0, 0.1) is 0 Å². The van der Waals surface area contributed by atoms with Crippen molar-refractivity contribution in [2.24, 2.45) is 0 Å². The number of nitrogens with zero attached hydrogens (tertiary/aromatic N) is 5. The van der Waals surface area contributed by atoms with E-state index in [1.165, 1.54) is 0 Å². The number of aliphatic hydroxyl groups excluding tert-OH is 1. The number of rotatable bonds is 5. The molecule has 2 rings (SSSR count). The average Bonchev–Trinajstić information content (AvgIpc) is 2.89. The van der Waals surface area contributed by atoms with E-state index in [-0.39, 0.29) is 0 Å². The van der Waals surface area contributed by atoms with Crippen molar-refractivity contribution in [2.45, 2.75) is 39.3 Å². The summed E-state index contributed by atoms with van der Waals surface area (Å²) in [6.45, 7) is 4.09. The van der Waals surface area contributed by atoms with Crippen LogP contribution in [0.1, 0.15) is 43.8 Å². The predicted octanol–water partition coefficient (Wildman–Crippen LogP) is 0.715. The zero-order valence-corrected chi connectivity index (χ0v) is 9.87. The Labute approximate surface area is 98.5 Å². The van der Waals surface area contributed by atoms with E-state index >= 15 is 0 Å². The Morgan fingerprint density at radius 1 is 1.53 bits per heavy atom. The first kappa shape index (κ1) is 11.7. The summed E-state index contributed by atoms with van der Waals surface area (Å²) in [5.74, 6) is 1.20. The molecule has 1 unspecified atom stereocenters. The lowest BCUT2D eigenvalue weighted by atomic mass is 10.3. The number of aryl methyl sites for hydroxylation is 1. The predicted molar refractivity (Wildman–Crippen MR) is 58.1 cm³/mol. The number of aliphatic hydroxyl groups is 1. The van der Waals surface area contributed by atoms with Crippen molar-refractivity contribution >= 4 is 0 Å². The summed E-state index contributed by atoms with van der Waals surface area (Å²) < 4.78 is 6.63. The molecule has 0 fully saturated rings. The molecule has 0 bridgehead atoms. The molecule has 7 heteroatoms. The highest BCUT2D eigenvalue weighted by atomic mass is 16.5. The van der Waals surface area contributed by atoms with Gasteiger partial charge in [-0.3, -0.25) is 0 Å². The number of aromatic nitrogens is 5. The fourth-order valence-corrected chi connectivity index (χ4v) is 1.40. The highest BCUT2D eigenvalue weighted by Crippen LogP contribution is 2.07. The quantitative estimate of drug-likeness (QED) is 0.823. The summed E-state index contributed by atoms with van der Waals surface area (Å²) >= 11 is 0. The van der Waals surface area contributed by atoms with Crippen molar-refractivity contribution in [1.82, 2.24) is 25.1 Å². The normalized spacial score (nSPS) is 12.9. The van der Waals surface area contributed by atoms with E-state index in [1.54, 1.807) is 17.8 Å². The summed E-state index contributed by atoms with van der Waals surface area (Å²) in [6.07, 6.45) is 2.80. The summed E-state index contributed by atoms with van der Waals surface area (Å²) in [5.41, 5.74) is 0.530. The van der Waals surface area contributed by atoms with Gasteiger partial charge in [0.25, 0.3) is 0 Å². The average molecular weight is 237 g/mol. The molecule has 2 heterocycles. The van der Waals surface area contributed by atoms with E-state index < -0.39 is 6.10 Å². The number of hydrogen-bond donors (Lipinski definition) is 1. The second kappa shape index (κ2) is 5.05. The van der Waals surface area contributed by atoms with Gasteiger partial charge < -0.3 is 9.63 Å². The van der Waals surface area contributed by atoms with E-state index in [4.69, 9.17) is 4.52 Å². The van der Waals surface area contributed by atoms with Crippen LogP contribution in [0.15, 0.2) is 10.7 Å². The van der Waals surface area contributed by atoms with Crippen molar-refractivity contribution in [3.05, 3.63) is 23.6 Å². The summed E-state index contributed by atoms with van der Waals surface area (Å²) in [4.78, 5) is 4.22. The molecule has 2 aromatic heterocycles. The molecule has 0 amide bonds. The van der Waals surface area contributed by atoms with Gasteiger partial charge in [-0.2, -0.15) is 4.98 Å². The maximum Gasteiger partial charge on any atom is 0.226 e. The largest absolute Gasteiger partial charge is 0.387 e. The van der Waals surface area contributed by atoms with Crippen LogP contribution in [-0.2, 0) is 13.0 Å². The lowest BCUT2D eigenvalue weighted by Gasteiger charge is -1.95. The van der Waals surface area contributed by atoms with E-state index in [2.05, 4.69) is 27.4 Å². The molecule has 0 aliphatic heterocycles. The molecule has 92 valence electrons. The van der Waals surface area contributed by atoms with Gasteiger partial charge in [-0.05, 0) is 13.3 Å². The summed E-state index contributed by atoms with van der Waals surface area (Å²) in [6, 6.07) is 0. The monoisotopic (exact) mass is 237 g/mol. The van der Waals surface area contributed by atoms with E-state index in [0.717, 1.165) is 12.8 Å². The SMILES string of the molecule is CCCc1nc(Cn2cc(C(C)O)nn2)no1. The Hall–Kier alpha value is -1.76. The van der Waals surface area contributed by atoms with Gasteiger partial charge in [0, 0.05) is 6.42 Å². The molecule has 0 aromatic carbocycles. The third-order valence-corrected chi connectivity index (χ3v) is 2.26. The standard InChI is InChI=1S/C10H15N5O2/c1-3-4-10-11-9(13-17-10)6-15-5-8(7(2)16)12-14-15/h5,7,16H,3-4,6H2,1-2H3. The van der Waals surface area contributed by atoms with E-state index in [9.17, 15) is 5.11 Å². The maximum atomic E-state index is 9.31. The van der Waals surface area contributed by atoms with Crippen LogP contribution in [0.25, 0.3) is 0 Å². The first-order valence-electron chi connectivity index (χ1n) is 5.58. The first-order valence-corrected chi connectivity index (χ1v) is 5.58. The van der Waals surface area contributed by atoms with Gasteiger partial charge in [0.2, 0.25) is 5.89 Å². The molecule has 0 spiro atoms. The van der Waals surface area contributed by atoms with Gasteiger partial charge in [-0.15, -0.1) is 5.10 Å². The zero-order valence-electron chi connectivity index (χ0n) is 9.87. The Morgan fingerprint density at radius 3 is 3.00 bits per heavy atom. The van der Waals surface area contributed by atoms with Crippen molar-refractivity contribution in [1.29, 1.82) is 0 Å². The van der Waals surface area contributed by atoms with Crippen molar-refractivity contribution in [3.8, 4) is 0 Å². The Bertz CT molecular complexity index is 477. The fraction of sp³-hybridized carbons (Fsp3) is 0.600. The van der Waals surface area contributed by atoms with Gasteiger partial charge in [0.15, 0.2) is 5.82 Å². The van der Waals surface area contributed by atoms with Gasteiger partial charge >= 0.3 is 0 Å². The Morgan fingerprint density at radius 2 is 2.35 bits per heavy atom. The van der Waals surface area contributed by atoms with Crippen LogP contribution in [0.4, 0.5) is 0 Å². The molecule has 0 saturated carbocycles. The molecule has 0 saturated heterocycles. The molecular formula is C10H15N5O2. The van der Waals surface area contributed by atoms with Gasteiger partial charge in [-0.25, -0.2) is 4.68 Å². The molecule has 17 heavy (non-hydrogen) atoms. The van der Waals surface area contributed by atoms with Gasteiger partial charge in [-0.1, -0.05) is 17.3 Å². The van der Waals surface area contributed by atoms with Crippen LogP contribution >= 0.6 is 0 Å². The fourth-order valence-electron chi connectivity index (χ4n) is 1.40. The lowest BCUT2D eigenvalue weighted by molar-refractivity contribution is 0.194. The topological polar surface area (TPSA) is 89.9 Å². The number of hydrogen-bond acceptors (Lipinski definition) is 6. The molecule has 0 radical (unpaired) electrons. The van der Waals surface area contributed by atoms with E-state index in [1.807, 2.05) is 0 Å². The minimum Gasteiger partial charge on any atom is -0.387 e. The minimum absolute atomic E-state index is 0.396. The molecule has 0 aliphatic rings. The molecule has 1 atom stereocenters. The molecule has 0 aliphatic carbocycles. The molecule has 2 aromatic rings.